The molecular formula is C21H21ClF4N4O2. The predicted octanol–water partition coefficient (Wildman–Crippen LogP) is 5.10. The molecular weight excluding hydrogens is 452 g/mol. The van der Waals surface area contributed by atoms with Gasteiger partial charge in [-0.15, -0.1) is 0 Å². The maximum absolute atomic E-state index is 14.9. The summed E-state index contributed by atoms with van der Waals surface area (Å²) >= 11 is 6.01. The highest BCUT2D eigenvalue weighted by Crippen LogP contribution is 2.30. The molecule has 0 atom stereocenters. The molecule has 0 aliphatic heterocycles. The minimum atomic E-state index is -4.52. The molecule has 0 unspecified atom stereocenters. The van der Waals surface area contributed by atoms with Crippen molar-refractivity contribution < 1.29 is 27.2 Å². The lowest BCUT2D eigenvalue weighted by Gasteiger charge is -2.18. The molecule has 0 spiro atoms. The van der Waals surface area contributed by atoms with Crippen LogP contribution in [0.1, 0.15) is 37.5 Å². The highest BCUT2D eigenvalue weighted by molar-refractivity contribution is 6.34. The smallest absolute Gasteiger partial charge is 0.383 e. The minimum absolute atomic E-state index is 0.0322. The molecule has 0 fully saturated rings. The van der Waals surface area contributed by atoms with Gasteiger partial charge in [0.2, 0.25) is 5.91 Å². The first kappa shape index (κ1) is 25.1. The van der Waals surface area contributed by atoms with Gasteiger partial charge in [-0.25, -0.2) is 9.18 Å². The Morgan fingerprint density at radius 3 is 2.19 bits per heavy atom. The van der Waals surface area contributed by atoms with E-state index in [4.69, 9.17) is 17.3 Å². The summed E-state index contributed by atoms with van der Waals surface area (Å²) in [6.07, 6.45) is -4.52. The SMILES string of the molecule is CC(C)(C)C(=O)NCc1ccc(Cl)c(/C(N)=N/C(=O)Nc2ccc(C(F)(F)F)cc2)c1F. The van der Waals surface area contributed by atoms with E-state index in [-0.39, 0.29) is 34.3 Å². The van der Waals surface area contributed by atoms with Crippen molar-refractivity contribution in [3.63, 3.8) is 0 Å². The summed E-state index contributed by atoms with van der Waals surface area (Å²) in [5.74, 6) is -1.71. The van der Waals surface area contributed by atoms with E-state index in [1.165, 1.54) is 12.1 Å². The average Bonchev–Trinajstić information content (AvgIpc) is 2.66. The molecule has 172 valence electrons. The van der Waals surface area contributed by atoms with Crippen molar-refractivity contribution in [1.29, 1.82) is 0 Å². The van der Waals surface area contributed by atoms with Crippen LogP contribution in [0.5, 0.6) is 0 Å². The molecule has 0 bridgehead atoms. The second-order valence-corrected chi connectivity index (χ2v) is 8.24. The summed E-state index contributed by atoms with van der Waals surface area (Å²) < 4.78 is 52.8. The Labute approximate surface area is 186 Å². The molecule has 2 aromatic carbocycles. The molecule has 32 heavy (non-hydrogen) atoms. The molecule has 0 radical (unpaired) electrons. The number of rotatable bonds is 4. The van der Waals surface area contributed by atoms with Gasteiger partial charge in [0.05, 0.1) is 16.1 Å². The molecule has 2 aromatic rings. The Hall–Kier alpha value is -3.14. The van der Waals surface area contributed by atoms with E-state index in [0.29, 0.717) is 0 Å². The fourth-order valence-electron chi connectivity index (χ4n) is 2.47. The summed E-state index contributed by atoms with van der Waals surface area (Å²) in [5, 5.41) is 4.71. The number of benzene rings is 2. The number of halogens is 5. The Kier molecular flexibility index (Phi) is 7.50. The number of anilines is 1. The van der Waals surface area contributed by atoms with Crippen molar-refractivity contribution >= 4 is 35.1 Å². The molecule has 0 saturated carbocycles. The van der Waals surface area contributed by atoms with Crippen LogP contribution in [-0.4, -0.2) is 17.8 Å². The molecule has 4 N–H and O–H groups in total. The fraction of sp³-hybridized carbons (Fsp3) is 0.286. The van der Waals surface area contributed by atoms with Crippen molar-refractivity contribution in [3.8, 4) is 0 Å². The van der Waals surface area contributed by atoms with Crippen molar-refractivity contribution in [2.75, 3.05) is 5.32 Å². The third kappa shape index (κ3) is 6.43. The summed E-state index contributed by atoms with van der Waals surface area (Å²) in [4.78, 5) is 27.6. The van der Waals surface area contributed by atoms with E-state index in [2.05, 4.69) is 15.6 Å². The van der Waals surface area contributed by atoms with Crippen LogP contribution in [0.3, 0.4) is 0 Å². The highest BCUT2D eigenvalue weighted by atomic mass is 35.5. The van der Waals surface area contributed by atoms with Gasteiger partial charge in [0.25, 0.3) is 0 Å². The number of hydrogen-bond acceptors (Lipinski definition) is 2. The third-order valence-corrected chi connectivity index (χ3v) is 4.55. The molecule has 3 amide bonds. The van der Waals surface area contributed by atoms with E-state index in [1.807, 2.05) is 0 Å². The monoisotopic (exact) mass is 472 g/mol. The van der Waals surface area contributed by atoms with Gasteiger partial charge >= 0.3 is 12.2 Å². The van der Waals surface area contributed by atoms with Crippen LogP contribution in [0.15, 0.2) is 41.4 Å². The maximum atomic E-state index is 14.9. The minimum Gasteiger partial charge on any atom is -0.383 e. The Morgan fingerprint density at radius 2 is 1.66 bits per heavy atom. The van der Waals surface area contributed by atoms with Crippen LogP contribution in [0, 0.1) is 11.2 Å². The van der Waals surface area contributed by atoms with E-state index in [0.717, 1.165) is 24.3 Å². The largest absolute Gasteiger partial charge is 0.416 e. The lowest BCUT2D eigenvalue weighted by Crippen LogP contribution is -2.34. The Morgan fingerprint density at radius 1 is 1.06 bits per heavy atom. The third-order valence-electron chi connectivity index (χ3n) is 4.23. The van der Waals surface area contributed by atoms with E-state index in [1.54, 1.807) is 20.8 Å². The number of urea groups is 1. The van der Waals surface area contributed by atoms with Gasteiger partial charge in [0.1, 0.15) is 11.7 Å². The van der Waals surface area contributed by atoms with Crippen LogP contribution < -0.4 is 16.4 Å². The number of amidine groups is 1. The number of alkyl halides is 3. The first-order chi connectivity index (χ1) is 14.7. The number of hydrogen-bond donors (Lipinski definition) is 3. The predicted molar refractivity (Wildman–Crippen MR) is 114 cm³/mol. The maximum Gasteiger partial charge on any atom is 0.416 e. The van der Waals surface area contributed by atoms with Crippen molar-refractivity contribution in [1.82, 2.24) is 5.32 Å². The zero-order chi connectivity index (χ0) is 24.3. The topological polar surface area (TPSA) is 96.6 Å². The van der Waals surface area contributed by atoms with Gasteiger partial charge in [0.15, 0.2) is 0 Å². The summed E-state index contributed by atoms with van der Waals surface area (Å²) in [6, 6.07) is 5.32. The quantitative estimate of drug-likeness (QED) is 0.328. The van der Waals surface area contributed by atoms with Crippen molar-refractivity contribution in [3.05, 3.63) is 63.9 Å². The number of amides is 3. The number of carbonyl (C=O) groups excluding carboxylic acids is 2. The standard InChI is InChI=1S/C21H21ClF4N4O2/c1-20(2,3)18(31)28-10-11-4-9-14(22)15(16(11)23)17(27)30-19(32)29-13-7-5-12(6-8-13)21(24,25)26/h4-9H,10H2,1-3H3,(H,28,31)(H3,27,29,30,32). The molecule has 0 heterocycles. The Balaban J connectivity index is 2.19. The lowest BCUT2D eigenvalue weighted by atomic mass is 9.95. The highest BCUT2D eigenvalue weighted by Gasteiger charge is 2.30. The first-order valence-electron chi connectivity index (χ1n) is 9.28. The van der Waals surface area contributed by atoms with Crippen LogP contribution >= 0.6 is 11.6 Å². The molecule has 2 rings (SSSR count). The van der Waals surface area contributed by atoms with Crippen LogP contribution in [0.4, 0.5) is 28.0 Å². The van der Waals surface area contributed by atoms with Crippen LogP contribution in [0.2, 0.25) is 5.02 Å². The molecule has 0 aliphatic carbocycles. The Bertz CT molecular complexity index is 1050. The van der Waals surface area contributed by atoms with Crippen LogP contribution in [0.25, 0.3) is 0 Å². The van der Waals surface area contributed by atoms with Crippen molar-refractivity contribution in [2.24, 2.45) is 16.1 Å². The van der Waals surface area contributed by atoms with Gasteiger partial charge in [-0.1, -0.05) is 38.4 Å². The molecule has 0 saturated heterocycles. The van der Waals surface area contributed by atoms with E-state index < -0.39 is 34.8 Å². The number of aliphatic imine (C=N–C) groups is 1. The second kappa shape index (κ2) is 9.56. The summed E-state index contributed by atoms with van der Waals surface area (Å²) in [5.41, 5.74) is 3.96. The van der Waals surface area contributed by atoms with E-state index in [9.17, 15) is 27.2 Å². The van der Waals surface area contributed by atoms with Gasteiger partial charge in [0, 0.05) is 23.2 Å². The number of nitrogens with one attached hydrogen (secondary N) is 2. The normalized spacial score (nSPS) is 12.4. The van der Waals surface area contributed by atoms with Gasteiger partial charge in [-0.05, 0) is 30.3 Å². The zero-order valence-corrected chi connectivity index (χ0v) is 18.2. The fourth-order valence-corrected chi connectivity index (χ4v) is 2.71. The number of nitrogens with two attached hydrogens (primary N) is 1. The average molecular weight is 473 g/mol. The molecule has 6 nitrogen and oxygen atoms in total. The summed E-state index contributed by atoms with van der Waals surface area (Å²) in [7, 11) is 0. The molecule has 0 aliphatic rings. The van der Waals surface area contributed by atoms with E-state index >= 15 is 0 Å². The first-order valence-corrected chi connectivity index (χ1v) is 9.66. The summed E-state index contributed by atoms with van der Waals surface area (Å²) in [6.45, 7) is 4.96. The number of carbonyl (C=O) groups is 2. The lowest BCUT2D eigenvalue weighted by molar-refractivity contribution is -0.137. The van der Waals surface area contributed by atoms with Crippen LogP contribution in [-0.2, 0) is 17.5 Å². The van der Waals surface area contributed by atoms with Gasteiger partial charge in [-0.3, -0.25) is 4.79 Å². The molecule has 11 heteroatoms. The zero-order valence-electron chi connectivity index (χ0n) is 17.4. The number of nitrogens with zero attached hydrogens (tertiary/aromatic N) is 1. The molecule has 0 aromatic heterocycles. The van der Waals surface area contributed by atoms with Crippen molar-refractivity contribution in [2.45, 2.75) is 33.5 Å². The van der Waals surface area contributed by atoms with Gasteiger partial charge in [-0.2, -0.15) is 18.2 Å². The second-order valence-electron chi connectivity index (χ2n) is 7.83. The van der Waals surface area contributed by atoms with Gasteiger partial charge < -0.3 is 16.4 Å².